The maximum Gasteiger partial charge on any atom is 0.232 e. The zero-order valence-corrected chi connectivity index (χ0v) is 6.06. The third-order valence-corrected chi connectivity index (χ3v) is 1.45. The van der Waals surface area contributed by atoms with E-state index in [1.54, 1.807) is 30.2 Å². The summed E-state index contributed by atoms with van der Waals surface area (Å²) in [6.45, 7) is 0. The monoisotopic (exact) mass is 149 g/mol. The van der Waals surface area contributed by atoms with E-state index in [2.05, 4.69) is 9.97 Å². The SMILES string of the molecule is COc1cn2cnccc2n1. The minimum atomic E-state index is 0.609. The molecule has 2 heterocycles. The number of aromatic nitrogens is 3. The van der Waals surface area contributed by atoms with E-state index in [1.165, 1.54) is 0 Å². The summed E-state index contributed by atoms with van der Waals surface area (Å²) < 4.78 is 6.74. The number of hydrogen-bond donors (Lipinski definition) is 0. The highest BCUT2D eigenvalue weighted by molar-refractivity contribution is 5.39. The lowest BCUT2D eigenvalue weighted by atomic mass is 10.6. The highest BCUT2D eigenvalue weighted by Crippen LogP contribution is 2.08. The number of fused-ring (bicyclic) bond motifs is 1. The molecule has 11 heavy (non-hydrogen) atoms. The van der Waals surface area contributed by atoms with Gasteiger partial charge in [0.25, 0.3) is 0 Å². The predicted octanol–water partition coefficient (Wildman–Crippen LogP) is 0.738. The fraction of sp³-hybridized carbons (Fsp3) is 0.143. The topological polar surface area (TPSA) is 39.4 Å². The van der Waals surface area contributed by atoms with E-state index in [0.29, 0.717) is 5.88 Å². The summed E-state index contributed by atoms with van der Waals surface area (Å²) in [5.74, 6) is 0.609. The molecule has 0 fully saturated rings. The van der Waals surface area contributed by atoms with Crippen molar-refractivity contribution >= 4 is 5.65 Å². The van der Waals surface area contributed by atoms with Crippen LogP contribution in [0.3, 0.4) is 0 Å². The summed E-state index contributed by atoms with van der Waals surface area (Å²) in [5.41, 5.74) is 0.844. The van der Waals surface area contributed by atoms with Crippen molar-refractivity contribution in [2.45, 2.75) is 0 Å². The van der Waals surface area contributed by atoms with Crippen molar-refractivity contribution in [1.82, 2.24) is 14.4 Å². The molecule has 0 aliphatic heterocycles. The van der Waals surface area contributed by atoms with Gasteiger partial charge in [0, 0.05) is 6.20 Å². The van der Waals surface area contributed by atoms with Crippen molar-refractivity contribution in [2.75, 3.05) is 7.11 Å². The van der Waals surface area contributed by atoms with Gasteiger partial charge in [0.1, 0.15) is 12.0 Å². The van der Waals surface area contributed by atoms with Crippen LogP contribution in [0.5, 0.6) is 5.88 Å². The molecule has 2 aromatic heterocycles. The quantitative estimate of drug-likeness (QED) is 0.600. The van der Waals surface area contributed by atoms with Crippen molar-refractivity contribution in [1.29, 1.82) is 0 Å². The Hall–Kier alpha value is -1.58. The van der Waals surface area contributed by atoms with E-state index in [1.807, 2.05) is 6.07 Å². The molecule has 0 saturated carbocycles. The van der Waals surface area contributed by atoms with Gasteiger partial charge in [-0.3, -0.25) is 4.40 Å². The van der Waals surface area contributed by atoms with Gasteiger partial charge in [0.15, 0.2) is 0 Å². The first kappa shape index (κ1) is 6.15. The standard InChI is InChI=1S/C7H7N3O/c1-11-7-4-10-5-8-3-2-6(10)9-7/h2-5H,1H3. The van der Waals surface area contributed by atoms with E-state index in [-0.39, 0.29) is 0 Å². The smallest absolute Gasteiger partial charge is 0.232 e. The second-order valence-corrected chi connectivity index (χ2v) is 2.13. The van der Waals surface area contributed by atoms with Crippen molar-refractivity contribution in [3.8, 4) is 5.88 Å². The van der Waals surface area contributed by atoms with Crippen LogP contribution in [0.25, 0.3) is 5.65 Å². The van der Waals surface area contributed by atoms with Crippen molar-refractivity contribution in [3.63, 3.8) is 0 Å². The molecule has 0 unspecified atom stereocenters. The molecule has 0 spiro atoms. The second-order valence-electron chi connectivity index (χ2n) is 2.13. The fourth-order valence-corrected chi connectivity index (χ4v) is 0.919. The van der Waals surface area contributed by atoms with Crippen LogP contribution in [-0.2, 0) is 0 Å². The molecule has 4 heteroatoms. The highest BCUT2D eigenvalue weighted by atomic mass is 16.5. The van der Waals surface area contributed by atoms with Crippen molar-refractivity contribution in [3.05, 3.63) is 24.8 Å². The van der Waals surface area contributed by atoms with Crippen molar-refractivity contribution in [2.24, 2.45) is 0 Å². The van der Waals surface area contributed by atoms with Crippen LogP contribution < -0.4 is 4.74 Å². The van der Waals surface area contributed by atoms with Crippen LogP contribution >= 0.6 is 0 Å². The lowest BCUT2D eigenvalue weighted by molar-refractivity contribution is 0.400. The number of ether oxygens (including phenoxy) is 1. The Labute approximate surface area is 63.5 Å². The third-order valence-electron chi connectivity index (χ3n) is 1.45. The molecule has 0 amide bonds. The van der Waals surface area contributed by atoms with Gasteiger partial charge in [-0.25, -0.2) is 4.98 Å². The van der Waals surface area contributed by atoms with Gasteiger partial charge in [-0.1, -0.05) is 0 Å². The second kappa shape index (κ2) is 2.23. The minimum Gasteiger partial charge on any atom is -0.480 e. The zero-order valence-electron chi connectivity index (χ0n) is 6.06. The first-order valence-corrected chi connectivity index (χ1v) is 3.23. The molecule has 2 aromatic rings. The van der Waals surface area contributed by atoms with Gasteiger partial charge in [-0.05, 0) is 6.07 Å². The van der Waals surface area contributed by atoms with Crippen LogP contribution in [0.15, 0.2) is 24.8 Å². The number of hydrogen-bond acceptors (Lipinski definition) is 3. The molecule has 56 valence electrons. The fourth-order valence-electron chi connectivity index (χ4n) is 0.919. The summed E-state index contributed by atoms with van der Waals surface area (Å²) in [5, 5.41) is 0. The van der Waals surface area contributed by atoms with Gasteiger partial charge >= 0.3 is 0 Å². The number of methoxy groups -OCH3 is 1. The average Bonchev–Trinajstić information content (AvgIpc) is 2.46. The Kier molecular flexibility index (Phi) is 1.25. The molecule has 0 radical (unpaired) electrons. The summed E-state index contributed by atoms with van der Waals surface area (Å²) in [6.07, 6.45) is 5.16. The molecule has 0 aliphatic carbocycles. The van der Waals surface area contributed by atoms with Crippen molar-refractivity contribution < 1.29 is 4.74 Å². The molecule has 0 aromatic carbocycles. The van der Waals surface area contributed by atoms with Gasteiger partial charge in [0.2, 0.25) is 5.88 Å². The molecular formula is C7H7N3O. The minimum absolute atomic E-state index is 0.609. The maximum atomic E-state index is 4.94. The van der Waals surface area contributed by atoms with E-state index in [0.717, 1.165) is 5.65 Å². The summed E-state index contributed by atoms with van der Waals surface area (Å²) >= 11 is 0. The molecule has 4 nitrogen and oxygen atoms in total. The van der Waals surface area contributed by atoms with Crippen LogP contribution in [0.1, 0.15) is 0 Å². The largest absolute Gasteiger partial charge is 0.480 e. The summed E-state index contributed by atoms with van der Waals surface area (Å²) in [7, 11) is 1.59. The molecule has 0 bridgehead atoms. The normalized spacial score (nSPS) is 10.3. The number of nitrogens with zero attached hydrogens (tertiary/aromatic N) is 3. The van der Waals surface area contributed by atoms with E-state index >= 15 is 0 Å². The Morgan fingerprint density at radius 1 is 1.55 bits per heavy atom. The van der Waals surface area contributed by atoms with E-state index < -0.39 is 0 Å². The Bertz CT molecular complexity index is 335. The van der Waals surface area contributed by atoms with Crippen LogP contribution in [0.2, 0.25) is 0 Å². The average molecular weight is 149 g/mol. The number of rotatable bonds is 1. The van der Waals surface area contributed by atoms with Gasteiger partial charge < -0.3 is 4.74 Å². The maximum absolute atomic E-state index is 4.94. The highest BCUT2D eigenvalue weighted by Gasteiger charge is 1.97. The number of imidazole rings is 1. The Morgan fingerprint density at radius 2 is 2.45 bits per heavy atom. The lowest BCUT2D eigenvalue weighted by Gasteiger charge is -1.85. The Balaban J connectivity index is 2.69. The van der Waals surface area contributed by atoms with Crippen LogP contribution in [0.4, 0.5) is 0 Å². The molecule has 0 N–H and O–H groups in total. The molecular weight excluding hydrogens is 142 g/mol. The lowest BCUT2D eigenvalue weighted by Crippen LogP contribution is -1.81. The molecule has 0 atom stereocenters. The van der Waals surface area contributed by atoms with Gasteiger partial charge in [0.05, 0.1) is 13.3 Å². The van der Waals surface area contributed by atoms with Crippen LogP contribution in [0, 0.1) is 0 Å². The first-order chi connectivity index (χ1) is 5.40. The Morgan fingerprint density at radius 3 is 3.18 bits per heavy atom. The predicted molar refractivity (Wildman–Crippen MR) is 39.5 cm³/mol. The molecule has 0 aliphatic rings. The first-order valence-electron chi connectivity index (χ1n) is 3.23. The molecule has 0 saturated heterocycles. The van der Waals surface area contributed by atoms with Gasteiger partial charge in [-0.2, -0.15) is 4.98 Å². The summed E-state index contributed by atoms with van der Waals surface area (Å²) in [6, 6.07) is 1.82. The molecule has 2 rings (SSSR count). The van der Waals surface area contributed by atoms with E-state index in [9.17, 15) is 0 Å². The van der Waals surface area contributed by atoms with Gasteiger partial charge in [-0.15, -0.1) is 0 Å². The third kappa shape index (κ3) is 0.920. The van der Waals surface area contributed by atoms with Crippen LogP contribution in [-0.4, -0.2) is 21.5 Å². The zero-order chi connectivity index (χ0) is 7.68. The van der Waals surface area contributed by atoms with E-state index in [4.69, 9.17) is 4.74 Å². The summed E-state index contributed by atoms with van der Waals surface area (Å²) in [4.78, 5) is 8.06.